The lowest BCUT2D eigenvalue weighted by atomic mass is 10.1. The largest absolute Gasteiger partial charge is 0.313 e. The van der Waals surface area contributed by atoms with Gasteiger partial charge in [-0.15, -0.1) is 0 Å². The smallest absolute Gasteiger partial charge is 0.173 e. The Morgan fingerprint density at radius 1 is 1.14 bits per heavy atom. The molecule has 3 nitrogen and oxygen atoms in total. The van der Waals surface area contributed by atoms with Gasteiger partial charge in [0.05, 0.1) is 4.47 Å². The molecule has 0 aliphatic heterocycles. The van der Waals surface area contributed by atoms with Gasteiger partial charge in [0.2, 0.25) is 0 Å². The minimum Gasteiger partial charge on any atom is -0.313 e. The molecule has 1 heterocycles. The predicted molar refractivity (Wildman–Crippen MR) is 81.9 cm³/mol. The van der Waals surface area contributed by atoms with E-state index in [0.29, 0.717) is 17.9 Å². The first-order valence-electron chi connectivity index (χ1n) is 6.64. The van der Waals surface area contributed by atoms with Crippen molar-refractivity contribution in [2.45, 2.75) is 27.3 Å². The minimum atomic E-state index is -0.928. The highest BCUT2D eigenvalue weighted by Crippen LogP contribution is 2.30. The summed E-state index contributed by atoms with van der Waals surface area (Å²) in [6.45, 7) is 7.35. The van der Waals surface area contributed by atoms with E-state index in [0.717, 1.165) is 29.6 Å². The van der Waals surface area contributed by atoms with Crippen LogP contribution in [0.5, 0.6) is 0 Å². The Balaban J connectivity index is 2.49. The Hall–Kier alpha value is -1.40. The molecule has 1 aromatic carbocycles. The zero-order valence-electron chi connectivity index (χ0n) is 12.1. The number of nitrogens with one attached hydrogen (secondary N) is 1. The number of hydrogen-bond acceptors (Lipinski definition) is 3. The van der Waals surface area contributed by atoms with Crippen molar-refractivity contribution in [2.75, 3.05) is 6.54 Å². The van der Waals surface area contributed by atoms with E-state index in [2.05, 4.69) is 31.2 Å². The first-order chi connectivity index (χ1) is 9.95. The summed E-state index contributed by atoms with van der Waals surface area (Å²) in [6.07, 6.45) is 0. The maximum Gasteiger partial charge on any atom is 0.173 e. The van der Waals surface area contributed by atoms with E-state index >= 15 is 0 Å². The van der Waals surface area contributed by atoms with Gasteiger partial charge < -0.3 is 5.32 Å². The van der Waals surface area contributed by atoms with Gasteiger partial charge in [0.1, 0.15) is 0 Å². The lowest BCUT2D eigenvalue weighted by Crippen LogP contribution is -2.15. The first-order valence-corrected chi connectivity index (χ1v) is 7.43. The number of rotatable bonds is 4. The zero-order chi connectivity index (χ0) is 15.6. The summed E-state index contributed by atoms with van der Waals surface area (Å²) in [5.41, 5.74) is 3.12. The summed E-state index contributed by atoms with van der Waals surface area (Å²) in [4.78, 5) is 8.84. The van der Waals surface area contributed by atoms with Crippen LogP contribution in [0.1, 0.15) is 23.9 Å². The first kappa shape index (κ1) is 16.0. The Morgan fingerprint density at radius 2 is 1.76 bits per heavy atom. The summed E-state index contributed by atoms with van der Waals surface area (Å²) in [5.74, 6) is -1.44. The molecule has 0 aliphatic carbocycles. The summed E-state index contributed by atoms with van der Waals surface area (Å²) < 4.78 is 26.9. The van der Waals surface area contributed by atoms with Crippen LogP contribution in [0.3, 0.4) is 0 Å². The minimum absolute atomic E-state index is 0.0423. The highest BCUT2D eigenvalue weighted by Gasteiger charge is 2.16. The topological polar surface area (TPSA) is 37.8 Å². The molecule has 1 aromatic heterocycles. The second-order valence-corrected chi connectivity index (χ2v) is 5.49. The van der Waals surface area contributed by atoms with E-state index < -0.39 is 11.6 Å². The van der Waals surface area contributed by atoms with Gasteiger partial charge in [0.15, 0.2) is 17.5 Å². The molecule has 0 saturated heterocycles. The van der Waals surface area contributed by atoms with Gasteiger partial charge in [-0.3, -0.25) is 0 Å². The van der Waals surface area contributed by atoms with E-state index in [4.69, 9.17) is 0 Å². The van der Waals surface area contributed by atoms with Crippen LogP contribution in [0.2, 0.25) is 0 Å². The van der Waals surface area contributed by atoms with Crippen LogP contribution in [0, 0.1) is 25.5 Å². The monoisotopic (exact) mass is 355 g/mol. The molecule has 6 heteroatoms. The number of halogens is 3. The van der Waals surface area contributed by atoms with Gasteiger partial charge in [0, 0.05) is 29.1 Å². The molecule has 0 fully saturated rings. The molecular formula is C15H16BrF2N3. The van der Waals surface area contributed by atoms with Crippen molar-refractivity contribution in [2.24, 2.45) is 0 Å². The Kier molecular flexibility index (Phi) is 5.00. The highest BCUT2D eigenvalue weighted by molar-refractivity contribution is 9.10. The number of benzene rings is 1. The second-order valence-electron chi connectivity index (χ2n) is 4.70. The molecule has 0 atom stereocenters. The molecule has 0 bridgehead atoms. The Labute approximate surface area is 131 Å². The Bertz CT molecular complexity index is 651. The van der Waals surface area contributed by atoms with Gasteiger partial charge in [-0.2, -0.15) is 0 Å². The molecule has 1 N–H and O–H groups in total. The maximum atomic E-state index is 13.6. The molecule has 0 unspecified atom stereocenters. The van der Waals surface area contributed by atoms with Crippen molar-refractivity contribution in [1.82, 2.24) is 15.3 Å². The number of hydrogen-bond donors (Lipinski definition) is 1. The van der Waals surface area contributed by atoms with Crippen LogP contribution in [0.15, 0.2) is 16.6 Å². The van der Waals surface area contributed by atoms with Crippen LogP contribution in [-0.4, -0.2) is 16.5 Å². The van der Waals surface area contributed by atoms with E-state index in [1.165, 1.54) is 6.07 Å². The van der Waals surface area contributed by atoms with Crippen LogP contribution >= 0.6 is 15.9 Å². The standard InChI is InChI=1S/C15H16BrF2N3/c1-4-19-7-11-8(2)20-15(21-9(11)3)10-5-6-12(17)14(18)13(10)16/h5-6,19H,4,7H2,1-3H3. The number of aromatic nitrogens is 2. The van der Waals surface area contributed by atoms with Crippen molar-refractivity contribution >= 4 is 15.9 Å². The fourth-order valence-electron chi connectivity index (χ4n) is 2.06. The van der Waals surface area contributed by atoms with Crippen molar-refractivity contribution in [3.8, 4) is 11.4 Å². The van der Waals surface area contributed by atoms with Crippen molar-refractivity contribution in [3.05, 3.63) is 45.2 Å². The number of aryl methyl sites for hydroxylation is 2. The molecule has 21 heavy (non-hydrogen) atoms. The molecule has 2 aromatic rings. The Morgan fingerprint density at radius 3 is 2.33 bits per heavy atom. The average molecular weight is 356 g/mol. The third-order valence-electron chi connectivity index (χ3n) is 3.25. The van der Waals surface area contributed by atoms with E-state index in [9.17, 15) is 8.78 Å². The van der Waals surface area contributed by atoms with Crippen LogP contribution in [0.4, 0.5) is 8.78 Å². The zero-order valence-corrected chi connectivity index (χ0v) is 13.7. The van der Waals surface area contributed by atoms with E-state index in [1.54, 1.807) is 0 Å². The predicted octanol–water partition coefficient (Wildman–Crippen LogP) is 3.91. The second kappa shape index (κ2) is 6.58. The highest BCUT2D eigenvalue weighted by atomic mass is 79.9. The van der Waals surface area contributed by atoms with Crippen LogP contribution in [-0.2, 0) is 6.54 Å². The fraction of sp³-hybridized carbons (Fsp3) is 0.333. The lowest BCUT2D eigenvalue weighted by molar-refractivity contribution is 0.504. The van der Waals surface area contributed by atoms with E-state index in [-0.39, 0.29) is 4.47 Å². The van der Waals surface area contributed by atoms with Crippen LogP contribution in [0.25, 0.3) is 11.4 Å². The van der Waals surface area contributed by atoms with Crippen molar-refractivity contribution < 1.29 is 8.78 Å². The number of nitrogens with zero attached hydrogens (tertiary/aromatic N) is 2. The molecular weight excluding hydrogens is 340 g/mol. The molecule has 112 valence electrons. The van der Waals surface area contributed by atoms with Gasteiger partial charge >= 0.3 is 0 Å². The summed E-state index contributed by atoms with van der Waals surface area (Å²) in [5, 5.41) is 3.23. The average Bonchev–Trinajstić information content (AvgIpc) is 2.44. The summed E-state index contributed by atoms with van der Waals surface area (Å²) in [6, 6.07) is 2.55. The molecule has 0 saturated carbocycles. The molecule has 0 radical (unpaired) electrons. The lowest BCUT2D eigenvalue weighted by Gasteiger charge is -2.12. The van der Waals surface area contributed by atoms with Crippen LogP contribution < -0.4 is 5.32 Å². The third kappa shape index (κ3) is 3.27. The molecule has 0 aliphatic rings. The quantitative estimate of drug-likeness (QED) is 0.844. The third-order valence-corrected chi connectivity index (χ3v) is 4.02. The molecule has 0 spiro atoms. The normalized spacial score (nSPS) is 11.0. The van der Waals surface area contributed by atoms with Gasteiger partial charge in [-0.25, -0.2) is 18.7 Å². The summed E-state index contributed by atoms with van der Waals surface area (Å²) >= 11 is 3.07. The van der Waals surface area contributed by atoms with Gasteiger partial charge in [-0.1, -0.05) is 6.92 Å². The summed E-state index contributed by atoms with van der Waals surface area (Å²) in [7, 11) is 0. The van der Waals surface area contributed by atoms with Gasteiger partial charge in [0.25, 0.3) is 0 Å². The fourth-order valence-corrected chi connectivity index (χ4v) is 2.56. The van der Waals surface area contributed by atoms with Crippen molar-refractivity contribution in [3.63, 3.8) is 0 Å². The van der Waals surface area contributed by atoms with Crippen molar-refractivity contribution in [1.29, 1.82) is 0 Å². The maximum absolute atomic E-state index is 13.6. The van der Waals surface area contributed by atoms with E-state index in [1.807, 2.05) is 20.8 Å². The van der Waals surface area contributed by atoms with Gasteiger partial charge in [-0.05, 0) is 48.5 Å². The SMILES string of the molecule is CCNCc1c(C)nc(-c2ccc(F)c(F)c2Br)nc1C. The molecule has 0 amide bonds. The molecule has 2 rings (SSSR count).